The van der Waals surface area contributed by atoms with Gasteiger partial charge in [0.25, 0.3) is 6.04 Å². The first-order valence-electron chi connectivity index (χ1n) is 6.89. The summed E-state index contributed by atoms with van der Waals surface area (Å²) in [5.74, 6) is -0.244. The molecule has 2 N–H and O–H groups in total. The summed E-state index contributed by atoms with van der Waals surface area (Å²) in [7, 11) is 0. The SMILES string of the molecule is O=[N+]([O-])C1C(O)CC2COC(c3ccccc3)OC2C1O. The summed E-state index contributed by atoms with van der Waals surface area (Å²) in [6.07, 6.45) is -3.69. The third-order valence-electron chi connectivity index (χ3n) is 4.15. The van der Waals surface area contributed by atoms with Gasteiger partial charge >= 0.3 is 0 Å². The molecule has 7 heteroatoms. The molecule has 0 radical (unpaired) electrons. The maximum Gasteiger partial charge on any atom is 0.266 e. The van der Waals surface area contributed by atoms with Gasteiger partial charge < -0.3 is 19.7 Å². The number of fused-ring (bicyclic) bond motifs is 1. The Hall–Kier alpha value is -1.54. The summed E-state index contributed by atoms with van der Waals surface area (Å²) in [6.45, 7) is 0.294. The van der Waals surface area contributed by atoms with Crippen molar-refractivity contribution in [3.05, 3.63) is 46.0 Å². The van der Waals surface area contributed by atoms with Crippen LogP contribution in [0.3, 0.4) is 0 Å². The van der Waals surface area contributed by atoms with Gasteiger partial charge in [0, 0.05) is 16.4 Å². The Labute approximate surface area is 121 Å². The van der Waals surface area contributed by atoms with Gasteiger partial charge in [0.1, 0.15) is 6.10 Å². The third kappa shape index (κ3) is 2.65. The van der Waals surface area contributed by atoms with Gasteiger partial charge in [0.05, 0.1) is 12.7 Å². The Morgan fingerprint density at radius 2 is 1.95 bits per heavy atom. The van der Waals surface area contributed by atoms with Crippen LogP contribution in [0.15, 0.2) is 30.3 Å². The molecular weight excluding hydrogens is 278 g/mol. The van der Waals surface area contributed by atoms with Gasteiger partial charge in [-0.05, 0) is 6.42 Å². The summed E-state index contributed by atoms with van der Waals surface area (Å²) in [5.41, 5.74) is 0.798. The van der Waals surface area contributed by atoms with Gasteiger partial charge in [-0.2, -0.15) is 0 Å². The van der Waals surface area contributed by atoms with Gasteiger partial charge in [-0.1, -0.05) is 30.3 Å². The maximum absolute atomic E-state index is 11.0. The largest absolute Gasteiger partial charge is 0.386 e. The highest BCUT2D eigenvalue weighted by Crippen LogP contribution is 2.37. The molecule has 1 aliphatic heterocycles. The third-order valence-corrected chi connectivity index (χ3v) is 4.15. The van der Waals surface area contributed by atoms with E-state index < -0.39 is 35.6 Å². The van der Waals surface area contributed by atoms with Crippen LogP contribution in [-0.4, -0.2) is 46.1 Å². The molecule has 1 saturated heterocycles. The molecule has 1 aromatic carbocycles. The fraction of sp³-hybridized carbons (Fsp3) is 0.571. The van der Waals surface area contributed by atoms with Gasteiger partial charge in [-0.25, -0.2) is 0 Å². The lowest BCUT2D eigenvalue weighted by molar-refractivity contribution is -0.556. The highest BCUT2D eigenvalue weighted by molar-refractivity contribution is 5.16. The van der Waals surface area contributed by atoms with E-state index in [-0.39, 0.29) is 12.3 Å². The quantitative estimate of drug-likeness (QED) is 0.608. The van der Waals surface area contributed by atoms with E-state index in [2.05, 4.69) is 0 Å². The Bertz CT molecular complexity index is 509. The maximum atomic E-state index is 11.0. The Kier molecular flexibility index (Phi) is 3.90. The minimum absolute atomic E-state index is 0.189. The Balaban J connectivity index is 1.78. The lowest BCUT2D eigenvalue weighted by atomic mass is 9.79. The molecule has 6 unspecified atom stereocenters. The molecule has 0 spiro atoms. The van der Waals surface area contributed by atoms with Gasteiger partial charge in [-0.15, -0.1) is 0 Å². The molecule has 1 aliphatic carbocycles. The molecule has 0 aromatic heterocycles. The molecule has 1 aromatic rings. The number of benzene rings is 1. The minimum atomic E-state index is -1.42. The fourth-order valence-corrected chi connectivity index (χ4v) is 3.08. The van der Waals surface area contributed by atoms with E-state index in [0.717, 1.165) is 5.56 Å². The second kappa shape index (κ2) is 5.69. The average molecular weight is 295 g/mol. The van der Waals surface area contributed by atoms with Crippen LogP contribution in [0.5, 0.6) is 0 Å². The summed E-state index contributed by atoms with van der Waals surface area (Å²) in [5, 5.41) is 31.0. The molecule has 114 valence electrons. The van der Waals surface area contributed by atoms with Crippen molar-refractivity contribution in [3.63, 3.8) is 0 Å². The lowest BCUT2D eigenvalue weighted by Crippen LogP contribution is -2.60. The lowest BCUT2D eigenvalue weighted by Gasteiger charge is -2.43. The first-order valence-corrected chi connectivity index (χ1v) is 6.89. The smallest absolute Gasteiger partial charge is 0.266 e. The molecule has 0 bridgehead atoms. The topological polar surface area (TPSA) is 102 Å². The van der Waals surface area contributed by atoms with Crippen molar-refractivity contribution in [3.8, 4) is 0 Å². The normalized spacial score (nSPS) is 39.5. The predicted molar refractivity (Wildman–Crippen MR) is 70.9 cm³/mol. The molecule has 0 amide bonds. The highest BCUT2D eigenvalue weighted by atomic mass is 16.7. The average Bonchev–Trinajstić information content (AvgIpc) is 2.47. The first kappa shape index (κ1) is 14.4. The number of rotatable bonds is 2. The molecular formula is C14H17NO6. The molecule has 3 rings (SSSR count). The summed E-state index contributed by atoms with van der Waals surface area (Å²) < 4.78 is 11.3. The van der Waals surface area contributed by atoms with E-state index in [1.54, 1.807) is 0 Å². The van der Waals surface area contributed by atoms with Crippen molar-refractivity contribution in [2.24, 2.45) is 5.92 Å². The van der Waals surface area contributed by atoms with Crippen LogP contribution in [0.1, 0.15) is 18.3 Å². The van der Waals surface area contributed by atoms with Crippen LogP contribution in [0.2, 0.25) is 0 Å². The van der Waals surface area contributed by atoms with E-state index in [1.807, 2.05) is 30.3 Å². The van der Waals surface area contributed by atoms with Crippen LogP contribution in [0.4, 0.5) is 0 Å². The molecule has 2 fully saturated rings. The van der Waals surface area contributed by atoms with Crippen LogP contribution >= 0.6 is 0 Å². The minimum Gasteiger partial charge on any atom is -0.386 e. The van der Waals surface area contributed by atoms with Crippen molar-refractivity contribution in [1.29, 1.82) is 0 Å². The molecule has 1 saturated carbocycles. The van der Waals surface area contributed by atoms with Crippen molar-refractivity contribution >= 4 is 0 Å². The van der Waals surface area contributed by atoms with E-state index in [1.165, 1.54) is 0 Å². The first-order chi connectivity index (χ1) is 10.1. The van der Waals surface area contributed by atoms with Gasteiger partial charge in [0.15, 0.2) is 12.4 Å². The predicted octanol–water partition coefficient (Wildman–Crippen LogP) is 0.488. The molecule has 7 nitrogen and oxygen atoms in total. The highest BCUT2D eigenvalue weighted by Gasteiger charge is 2.53. The van der Waals surface area contributed by atoms with E-state index in [4.69, 9.17) is 9.47 Å². The van der Waals surface area contributed by atoms with Crippen LogP contribution < -0.4 is 0 Å². The summed E-state index contributed by atoms with van der Waals surface area (Å²) in [6, 6.07) is 7.80. The second-order valence-corrected chi connectivity index (χ2v) is 5.51. The van der Waals surface area contributed by atoms with Gasteiger partial charge in [0.2, 0.25) is 0 Å². The Morgan fingerprint density at radius 1 is 1.24 bits per heavy atom. The fourth-order valence-electron chi connectivity index (χ4n) is 3.08. The number of aliphatic hydroxyl groups excluding tert-OH is 2. The molecule has 2 aliphatic rings. The number of hydrogen-bond donors (Lipinski definition) is 2. The second-order valence-electron chi connectivity index (χ2n) is 5.51. The van der Waals surface area contributed by atoms with Crippen molar-refractivity contribution < 1.29 is 24.6 Å². The van der Waals surface area contributed by atoms with E-state index >= 15 is 0 Å². The number of aliphatic hydroxyl groups is 2. The molecule has 21 heavy (non-hydrogen) atoms. The zero-order valence-corrected chi connectivity index (χ0v) is 11.2. The summed E-state index contributed by atoms with van der Waals surface area (Å²) in [4.78, 5) is 10.4. The number of nitrogens with zero attached hydrogens (tertiary/aromatic N) is 1. The number of ether oxygens (including phenoxy) is 2. The van der Waals surface area contributed by atoms with Crippen molar-refractivity contribution in [2.45, 2.75) is 37.1 Å². The molecule has 1 heterocycles. The van der Waals surface area contributed by atoms with Crippen molar-refractivity contribution in [1.82, 2.24) is 0 Å². The monoisotopic (exact) mass is 295 g/mol. The van der Waals surface area contributed by atoms with Crippen LogP contribution in [0.25, 0.3) is 0 Å². The van der Waals surface area contributed by atoms with Gasteiger partial charge in [-0.3, -0.25) is 10.1 Å². The Morgan fingerprint density at radius 3 is 2.62 bits per heavy atom. The van der Waals surface area contributed by atoms with E-state index in [0.29, 0.717) is 6.61 Å². The zero-order chi connectivity index (χ0) is 15.0. The number of nitro groups is 1. The molecule has 6 atom stereocenters. The van der Waals surface area contributed by atoms with Crippen LogP contribution in [-0.2, 0) is 9.47 Å². The zero-order valence-electron chi connectivity index (χ0n) is 11.2. The summed E-state index contributed by atoms with van der Waals surface area (Å²) >= 11 is 0. The van der Waals surface area contributed by atoms with Crippen molar-refractivity contribution in [2.75, 3.05) is 6.61 Å². The van der Waals surface area contributed by atoms with Crippen LogP contribution in [0, 0.1) is 16.0 Å². The standard InChI is InChI=1S/C14H17NO6/c16-10-6-9-7-20-14(8-4-2-1-3-5-8)21-13(9)12(17)11(10)15(18)19/h1-5,9-14,16-17H,6-7H2. The van der Waals surface area contributed by atoms with E-state index in [9.17, 15) is 20.3 Å². The number of hydrogen-bond acceptors (Lipinski definition) is 6.